The Morgan fingerprint density at radius 2 is 0.971 bits per heavy atom. The predicted octanol–water partition coefficient (Wildman–Crippen LogP) is 11.5. The van der Waals surface area contributed by atoms with E-state index in [-0.39, 0.29) is 36.5 Å². The van der Waals surface area contributed by atoms with Crippen molar-refractivity contribution in [3.8, 4) is 0 Å². The molecule has 2 saturated carbocycles. The van der Waals surface area contributed by atoms with Gasteiger partial charge in [-0.15, -0.1) is 24.8 Å². The summed E-state index contributed by atoms with van der Waals surface area (Å²) in [5.41, 5.74) is 4.32. The van der Waals surface area contributed by atoms with Gasteiger partial charge in [0.05, 0.1) is 11.0 Å². The van der Waals surface area contributed by atoms with E-state index in [1.165, 1.54) is 116 Å². The molecule has 2 aromatic heterocycles. The summed E-state index contributed by atoms with van der Waals surface area (Å²) in [6, 6.07) is 29.4. The van der Waals surface area contributed by atoms with Crippen molar-refractivity contribution in [1.82, 2.24) is 30.0 Å². The highest BCUT2D eigenvalue weighted by atomic mass is 35.5. The Balaban J connectivity index is 0.000000188. The fraction of sp³-hybridized carbons (Fsp3) is 0.542. The zero-order valence-corrected chi connectivity index (χ0v) is 42.8. The molecule has 1 amide bonds. The zero-order chi connectivity index (χ0) is 46.2. The number of carbonyl (C=O) groups is 3. The number of Topliss-reactive ketones (excluding diaryl/α,β-unsaturated/α-hetero) is 2. The molecule has 6 fully saturated rings. The van der Waals surface area contributed by atoms with Gasteiger partial charge in [0.25, 0.3) is 5.91 Å². The maximum atomic E-state index is 13.1. The van der Waals surface area contributed by atoms with E-state index in [2.05, 4.69) is 30.0 Å². The summed E-state index contributed by atoms with van der Waals surface area (Å²) in [5, 5.41) is 5.55. The minimum Gasteiger partial charge on any atom is -0.338 e. The van der Waals surface area contributed by atoms with E-state index in [4.69, 9.17) is 0 Å². The maximum Gasteiger partial charge on any atom is 0.253 e. The largest absolute Gasteiger partial charge is 0.338 e. The number of carbonyl (C=O) groups excluding carboxylic acids is 3. The average molecular weight is 988 g/mol. The van der Waals surface area contributed by atoms with Crippen LogP contribution in [-0.2, 0) is 0 Å². The third kappa shape index (κ3) is 12.9. The highest BCUT2D eigenvalue weighted by Gasteiger charge is 2.39. The normalized spacial score (nSPS) is 26.8. The molecule has 11 rings (SSSR count). The van der Waals surface area contributed by atoms with E-state index in [1.54, 1.807) is 12.4 Å². The topological polar surface area (TPSA) is 98.7 Å². The molecule has 4 saturated heterocycles. The van der Waals surface area contributed by atoms with Gasteiger partial charge in [0.15, 0.2) is 11.6 Å². The van der Waals surface area contributed by atoms with Crippen molar-refractivity contribution in [1.29, 1.82) is 0 Å². The lowest BCUT2D eigenvalue weighted by molar-refractivity contribution is 0.0782. The number of nitrogens with one attached hydrogen (secondary N) is 1. The monoisotopic (exact) mass is 987 g/mol. The van der Waals surface area contributed by atoms with Crippen LogP contribution in [0.15, 0.2) is 103 Å². The number of aromatic nitrogens is 2. The maximum absolute atomic E-state index is 13.1. The molecule has 374 valence electrons. The van der Waals surface area contributed by atoms with Gasteiger partial charge in [0.1, 0.15) is 0 Å². The Labute approximate surface area is 429 Å². The molecule has 6 aliphatic rings. The lowest BCUT2D eigenvalue weighted by Crippen LogP contribution is -2.41. The molecule has 5 aromatic rings. The summed E-state index contributed by atoms with van der Waals surface area (Å²) in [5.74, 6) is 6.56. The van der Waals surface area contributed by atoms with Gasteiger partial charge in [-0.3, -0.25) is 24.4 Å². The highest BCUT2D eigenvalue weighted by Crippen LogP contribution is 2.37. The molecule has 2 aliphatic carbocycles. The first-order valence-electron chi connectivity index (χ1n) is 26.6. The van der Waals surface area contributed by atoms with Crippen LogP contribution in [0.4, 0.5) is 0 Å². The molecule has 1 N–H and O–H groups in total. The van der Waals surface area contributed by atoms with Crippen LogP contribution in [0.2, 0.25) is 0 Å². The molecule has 4 atom stereocenters. The number of piperidine rings is 2. The predicted molar refractivity (Wildman–Crippen MR) is 287 cm³/mol. The molecule has 3 aromatic carbocycles. The van der Waals surface area contributed by atoms with Crippen molar-refractivity contribution in [2.24, 2.45) is 47.3 Å². The number of pyridine rings is 2. The third-order valence-corrected chi connectivity index (χ3v) is 17.5. The van der Waals surface area contributed by atoms with Crippen molar-refractivity contribution in [2.75, 3.05) is 65.4 Å². The summed E-state index contributed by atoms with van der Waals surface area (Å²) < 4.78 is 0. The number of hydrogen-bond donors (Lipinski definition) is 1. The van der Waals surface area contributed by atoms with E-state index in [0.717, 1.165) is 88.3 Å². The molecule has 6 heterocycles. The van der Waals surface area contributed by atoms with Crippen LogP contribution in [0.5, 0.6) is 0 Å². The third-order valence-electron chi connectivity index (χ3n) is 17.5. The molecular weight excluding hydrogens is 912 g/mol. The standard InChI is InChI=1S/C33H39N3O2.C26H35N3O.2ClH/c37-32(30-8-4-10-31-29(30)9-5-17-34-31)20-25-13-11-24(12-14-25)15-18-35-19-16-27-22-36(23-28(27)21-35)33(38)26-6-2-1-3-7-26;30-26(24-3-1-5-25-23(24)4-2-12-28-25)15-20-8-6-19(7-9-20)10-13-29-14-11-21-16-27-17-22(21)18-29;;/h1-10,17,24-25,27-28H,11-16,18-23H2;1-5,12,19-22,27H,6-11,13-18H2;2*1H/t24?,25?,27-,28-;19?,20?,21-,22+;;/m00../s1. The smallest absolute Gasteiger partial charge is 0.253 e. The molecule has 0 bridgehead atoms. The van der Waals surface area contributed by atoms with Crippen LogP contribution in [-0.4, -0.2) is 108 Å². The Bertz CT molecular complexity index is 2480. The Morgan fingerprint density at radius 3 is 1.53 bits per heavy atom. The number of ketones is 2. The van der Waals surface area contributed by atoms with Crippen molar-refractivity contribution >= 4 is 64.1 Å². The first-order chi connectivity index (χ1) is 33.4. The minimum absolute atomic E-state index is 0. The van der Waals surface area contributed by atoms with Gasteiger partial charge in [-0.1, -0.05) is 80.3 Å². The molecule has 4 aliphatic heterocycles. The van der Waals surface area contributed by atoms with Crippen molar-refractivity contribution < 1.29 is 14.4 Å². The number of fused-ring (bicyclic) bond motifs is 4. The van der Waals surface area contributed by atoms with Crippen LogP contribution < -0.4 is 5.32 Å². The van der Waals surface area contributed by atoms with Crippen LogP contribution in [0.1, 0.15) is 121 Å². The van der Waals surface area contributed by atoms with Gasteiger partial charge in [-0.25, -0.2) is 0 Å². The SMILES string of the molecule is Cl.Cl.O=C(CC1CCC(CCN2CC[C@H]3CN(C(=O)c4ccccc4)C[C@@H]3C2)CC1)c1cccc2ncccc12.O=C(CC1CCC(CCN2CC[C@H]3CNC[C@@H]3C2)CC1)c1cccc2ncccc12. The van der Waals surface area contributed by atoms with E-state index >= 15 is 0 Å². The number of halogens is 2. The van der Waals surface area contributed by atoms with Gasteiger partial charge in [-0.05, 0) is 174 Å². The minimum atomic E-state index is 0. The summed E-state index contributed by atoms with van der Waals surface area (Å²) in [6.45, 7) is 11.7. The Hall–Kier alpha value is -4.25. The number of benzene rings is 3. The van der Waals surface area contributed by atoms with Gasteiger partial charge >= 0.3 is 0 Å². The number of hydrogen-bond acceptors (Lipinski definition) is 8. The van der Waals surface area contributed by atoms with E-state index in [9.17, 15) is 14.4 Å². The molecular formula is C59H76Cl2N6O3. The summed E-state index contributed by atoms with van der Waals surface area (Å²) in [6.07, 6.45) is 20.0. The summed E-state index contributed by atoms with van der Waals surface area (Å²) in [7, 11) is 0. The fourth-order valence-corrected chi connectivity index (χ4v) is 13.3. The zero-order valence-electron chi connectivity index (χ0n) is 41.2. The second kappa shape index (κ2) is 24.9. The van der Waals surface area contributed by atoms with Crippen LogP contribution in [0.25, 0.3) is 21.8 Å². The van der Waals surface area contributed by atoms with E-state index in [1.807, 2.05) is 91.0 Å². The number of likely N-dealkylation sites (tertiary alicyclic amines) is 3. The van der Waals surface area contributed by atoms with Crippen LogP contribution in [0.3, 0.4) is 0 Å². The number of rotatable bonds is 13. The summed E-state index contributed by atoms with van der Waals surface area (Å²) in [4.78, 5) is 55.3. The van der Waals surface area contributed by atoms with Crippen LogP contribution >= 0.6 is 24.8 Å². The number of amides is 1. The summed E-state index contributed by atoms with van der Waals surface area (Å²) >= 11 is 0. The number of nitrogens with zero attached hydrogens (tertiary/aromatic N) is 5. The first kappa shape index (κ1) is 52.1. The van der Waals surface area contributed by atoms with Gasteiger partial charge in [-0.2, -0.15) is 0 Å². The molecule has 9 nitrogen and oxygen atoms in total. The fourth-order valence-electron chi connectivity index (χ4n) is 13.3. The van der Waals surface area contributed by atoms with Gasteiger partial charge in [0, 0.05) is 78.9 Å². The quantitative estimate of drug-likeness (QED) is 0.117. The van der Waals surface area contributed by atoms with Crippen molar-refractivity contribution in [3.05, 3.63) is 120 Å². The van der Waals surface area contributed by atoms with Gasteiger partial charge < -0.3 is 20.0 Å². The molecule has 11 heteroatoms. The molecule has 0 spiro atoms. The second-order valence-electron chi connectivity index (χ2n) is 21.8. The molecule has 0 unspecified atom stereocenters. The molecule has 0 radical (unpaired) electrons. The average Bonchev–Trinajstić information content (AvgIpc) is 4.05. The highest BCUT2D eigenvalue weighted by molar-refractivity contribution is 6.08. The van der Waals surface area contributed by atoms with Gasteiger partial charge in [0.2, 0.25) is 0 Å². The van der Waals surface area contributed by atoms with E-state index in [0.29, 0.717) is 42.3 Å². The Kier molecular flexibility index (Phi) is 18.5. The molecule has 70 heavy (non-hydrogen) atoms. The van der Waals surface area contributed by atoms with E-state index < -0.39 is 0 Å². The first-order valence-corrected chi connectivity index (χ1v) is 26.6. The lowest BCUT2D eigenvalue weighted by Gasteiger charge is -2.36. The van der Waals surface area contributed by atoms with Crippen LogP contribution in [0, 0.1) is 47.3 Å². The van der Waals surface area contributed by atoms with Crippen molar-refractivity contribution in [2.45, 2.75) is 89.9 Å². The second-order valence-corrected chi connectivity index (χ2v) is 21.8. The lowest BCUT2D eigenvalue weighted by atomic mass is 9.78. The Morgan fingerprint density at radius 1 is 0.486 bits per heavy atom. The van der Waals surface area contributed by atoms with Crippen molar-refractivity contribution in [3.63, 3.8) is 0 Å².